The van der Waals surface area contributed by atoms with E-state index in [1.54, 1.807) is 54.6 Å². The van der Waals surface area contributed by atoms with E-state index in [0.717, 1.165) is 58.2 Å². The summed E-state index contributed by atoms with van der Waals surface area (Å²) in [4.78, 5) is 17.3. The monoisotopic (exact) mass is 769 g/mol. The first kappa shape index (κ1) is 39.8. The van der Waals surface area contributed by atoms with E-state index >= 15 is 0 Å². The van der Waals surface area contributed by atoms with Crippen molar-refractivity contribution in [1.82, 2.24) is 4.90 Å². The molecule has 0 aliphatic carbocycles. The third-order valence-corrected chi connectivity index (χ3v) is 12.9. The molecular weight excluding hydrogens is 719 g/mol. The van der Waals surface area contributed by atoms with Crippen molar-refractivity contribution in [1.29, 1.82) is 0 Å². The highest BCUT2D eigenvalue weighted by Gasteiger charge is 2.24. The van der Waals surface area contributed by atoms with Crippen LogP contribution in [0.2, 0.25) is 0 Å². The summed E-state index contributed by atoms with van der Waals surface area (Å²) in [6, 6.07) is 18.8. The molecular formula is C40H51NO8S3. The predicted octanol–water partition coefficient (Wildman–Crippen LogP) is 9.24. The first-order valence-electron chi connectivity index (χ1n) is 18.6. The number of likely N-dealkylation sites (tertiary alicyclic amines) is 1. The molecule has 282 valence electrons. The largest absolute Gasteiger partial charge is 0.492 e. The van der Waals surface area contributed by atoms with Crippen LogP contribution in [0.3, 0.4) is 0 Å². The average molecular weight is 770 g/mol. The molecule has 5 rings (SSSR count). The number of fused-ring (bicyclic) bond motifs is 1. The second kappa shape index (κ2) is 19.0. The Labute approximate surface area is 313 Å². The molecule has 3 aromatic carbocycles. The number of ether oxygens (including phenoxy) is 1. The van der Waals surface area contributed by atoms with E-state index in [2.05, 4.69) is 18.7 Å². The fourth-order valence-electron chi connectivity index (χ4n) is 6.33. The number of hydrogen-bond donors (Lipinski definition) is 0. The lowest BCUT2D eigenvalue weighted by atomic mass is 9.97. The molecule has 0 amide bonds. The van der Waals surface area contributed by atoms with E-state index in [1.165, 1.54) is 30.6 Å². The Morgan fingerprint density at radius 2 is 1.27 bits per heavy atom. The highest BCUT2D eigenvalue weighted by atomic mass is 32.2. The summed E-state index contributed by atoms with van der Waals surface area (Å²) in [6.45, 7) is 7.78. The molecule has 9 nitrogen and oxygen atoms in total. The lowest BCUT2D eigenvalue weighted by Crippen LogP contribution is -2.33. The van der Waals surface area contributed by atoms with Gasteiger partial charge in [-0.15, -0.1) is 11.3 Å². The van der Waals surface area contributed by atoms with Gasteiger partial charge in [0.15, 0.2) is 5.78 Å². The Morgan fingerprint density at radius 1 is 0.692 bits per heavy atom. The predicted molar refractivity (Wildman–Crippen MR) is 210 cm³/mol. The number of thiophene rings is 1. The third-order valence-electron chi connectivity index (χ3n) is 9.19. The number of carbonyl (C=O) groups excluding carboxylic acids is 1. The zero-order valence-electron chi connectivity index (χ0n) is 30.3. The van der Waals surface area contributed by atoms with Gasteiger partial charge in [0.1, 0.15) is 23.9 Å². The number of piperidine rings is 1. The second-order valence-electron chi connectivity index (χ2n) is 13.4. The van der Waals surface area contributed by atoms with Crippen LogP contribution >= 0.6 is 11.3 Å². The fourth-order valence-corrected chi connectivity index (χ4v) is 9.65. The smallest absolute Gasteiger partial charge is 0.309 e. The Morgan fingerprint density at radius 3 is 1.88 bits per heavy atom. The molecule has 0 unspecified atom stereocenters. The number of unbranched alkanes of at least 4 members (excludes halogenated alkanes) is 6. The van der Waals surface area contributed by atoms with Gasteiger partial charge in [0, 0.05) is 32.6 Å². The Kier molecular flexibility index (Phi) is 14.6. The molecule has 12 heteroatoms. The third kappa shape index (κ3) is 11.5. The van der Waals surface area contributed by atoms with Crippen LogP contribution in [0, 0.1) is 0 Å². The van der Waals surface area contributed by atoms with Crippen molar-refractivity contribution in [2.45, 2.75) is 84.5 Å². The minimum atomic E-state index is -3.78. The SMILES string of the molecule is CCCCCCS(=O)(=O)Oc1ccc(-c2sc3cc(OS(=O)(=O)CCCCCC)ccc3c2C(=O)c2ccc(OCCN3CCCCC3)cc2)cc1. The van der Waals surface area contributed by atoms with Crippen molar-refractivity contribution in [2.24, 2.45) is 0 Å². The minimum absolute atomic E-state index is 0.0507. The van der Waals surface area contributed by atoms with Crippen molar-refractivity contribution in [3.63, 3.8) is 0 Å². The molecule has 1 aromatic heterocycles. The van der Waals surface area contributed by atoms with Gasteiger partial charge in [0.05, 0.1) is 11.5 Å². The van der Waals surface area contributed by atoms with E-state index in [4.69, 9.17) is 13.1 Å². The first-order valence-corrected chi connectivity index (χ1v) is 22.6. The summed E-state index contributed by atoms with van der Waals surface area (Å²) in [5.74, 6) is 0.763. The molecule has 1 fully saturated rings. The van der Waals surface area contributed by atoms with Gasteiger partial charge >= 0.3 is 20.2 Å². The maximum atomic E-state index is 14.3. The van der Waals surface area contributed by atoms with Crippen LogP contribution in [0.4, 0.5) is 0 Å². The summed E-state index contributed by atoms with van der Waals surface area (Å²) >= 11 is 1.34. The van der Waals surface area contributed by atoms with Crippen LogP contribution in [0.15, 0.2) is 66.7 Å². The number of carbonyl (C=O) groups is 1. The molecule has 1 saturated heterocycles. The zero-order valence-corrected chi connectivity index (χ0v) is 32.8. The van der Waals surface area contributed by atoms with E-state index in [9.17, 15) is 21.6 Å². The highest BCUT2D eigenvalue weighted by molar-refractivity contribution is 7.87. The summed E-state index contributed by atoms with van der Waals surface area (Å²) < 4.78 is 68.2. The quantitative estimate of drug-likeness (QED) is 0.0465. The number of nitrogens with zero attached hydrogens (tertiary/aromatic N) is 1. The van der Waals surface area contributed by atoms with Crippen LogP contribution in [0.1, 0.15) is 100 Å². The van der Waals surface area contributed by atoms with Crippen LogP contribution < -0.4 is 13.1 Å². The normalized spacial score (nSPS) is 14.0. The van der Waals surface area contributed by atoms with E-state index in [0.29, 0.717) is 56.9 Å². The van der Waals surface area contributed by atoms with Crippen LogP contribution in [0.25, 0.3) is 20.5 Å². The number of rotatable bonds is 21. The summed E-state index contributed by atoms with van der Waals surface area (Å²) in [5.41, 5.74) is 1.64. The number of ketones is 1. The Bertz CT molecular complexity index is 1970. The first-order chi connectivity index (χ1) is 25.1. The molecule has 0 spiro atoms. The summed E-state index contributed by atoms with van der Waals surface area (Å²) in [7, 11) is -7.53. The van der Waals surface area contributed by atoms with Crippen molar-refractivity contribution in [2.75, 3.05) is 37.7 Å². The van der Waals surface area contributed by atoms with Crippen molar-refractivity contribution >= 4 is 47.4 Å². The Balaban J connectivity index is 1.39. The van der Waals surface area contributed by atoms with Crippen LogP contribution in [-0.2, 0) is 20.2 Å². The maximum Gasteiger partial charge on any atom is 0.309 e. The molecule has 0 atom stereocenters. The lowest BCUT2D eigenvalue weighted by Gasteiger charge is -2.26. The molecule has 4 aromatic rings. The number of benzene rings is 3. The van der Waals surface area contributed by atoms with Crippen LogP contribution in [-0.4, -0.2) is 65.3 Å². The van der Waals surface area contributed by atoms with Crippen molar-refractivity contribution in [3.05, 3.63) is 77.9 Å². The molecule has 0 radical (unpaired) electrons. The highest BCUT2D eigenvalue weighted by Crippen LogP contribution is 2.42. The van der Waals surface area contributed by atoms with Gasteiger partial charge in [-0.05, 0) is 111 Å². The lowest BCUT2D eigenvalue weighted by molar-refractivity contribution is 0.104. The van der Waals surface area contributed by atoms with Crippen molar-refractivity contribution in [3.8, 4) is 27.7 Å². The molecule has 2 heterocycles. The molecule has 0 saturated carbocycles. The summed E-state index contributed by atoms with van der Waals surface area (Å²) in [6.07, 6.45) is 10.4. The second-order valence-corrected chi connectivity index (χ2v) is 17.8. The van der Waals surface area contributed by atoms with Gasteiger partial charge in [-0.1, -0.05) is 58.8 Å². The minimum Gasteiger partial charge on any atom is -0.492 e. The van der Waals surface area contributed by atoms with Crippen molar-refractivity contribution < 1.29 is 34.7 Å². The number of hydrogen-bond acceptors (Lipinski definition) is 10. The molecule has 0 bridgehead atoms. The van der Waals surface area contributed by atoms with Gasteiger partial charge in [-0.2, -0.15) is 16.8 Å². The molecule has 1 aliphatic heterocycles. The van der Waals surface area contributed by atoms with E-state index in [-0.39, 0.29) is 28.8 Å². The maximum absolute atomic E-state index is 14.3. The van der Waals surface area contributed by atoms with E-state index in [1.807, 2.05) is 12.1 Å². The van der Waals surface area contributed by atoms with E-state index < -0.39 is 20.2 Å². The van der Waals surface area contributed by atoms with Gasteiger partial charge in [-0.3, -0.25) is 9.69 Å². The molecule has 1 aliphatic rings. The summed E-state index contributed by atoms with van der Waals surface area (Å²) in [5, 5.41) is 0.662. The van der Waals surface area contributed by atoms with Gasteiger partial charge in [0.2, 0.25) is 0 Å². The fraction of sp³-hybridized carbons (Fsp3) is 0.475. The average Bonchev–Trinajstić information content (AvgIpc) is 3.51. The van der Waals surface area contributed by atoms with Gasteiger partial charge < -0.3 is 13.1 Å². The topological polar surface area (TPSA) is 116 Å². The van der Waals surface area contributed by atoms with Gasteiger partial charge in [-0.25, -0.2) is 0 Å². The Hall–Kier alpha value is -3.45. The zero-order chi connectivity index (χ0) is 37.0. The molecule has 0 N–H and O–H groups in total. The molecule has 52 heavy (non-hydrogen) atoms. The van der Waals surface area contributed by atoms with Crippen LogP contribution in [0.5, 0.6) is 17.2 Å². The standard InChI is InChI=1S/C40H51NO8S3/c1-3-5-7-12-28-51(43,44)48-34-20-16-32(17-21-34)40-38(36-23-22-35(30-37(36)50-40)49-52(45,46)29-13-8-6-4-2)39(42)31-14-18-33(19-15-31)47-27-26-41-24-10-9-11-25-41/h14-23,30H,3-13,24-29H2,1-2H3. The van der Waals surface area contributed by atoms with Gasteiger partial charge in [0.25, 0.3) is 0 Å².